The number of alkyl halides is 3. The van der Waals surface area contributed by atoms with Gasteiger partial charge in [0.1, 0.15) is 5.82 Å². The Bertz CT molecular complexity index is 1090. The minimum absolute atomic E-state index is 0.205. The molecular formula is C25H29F4N5O. The minimum Gasteiger partial charge on any atom is -0.317 e. The van der Waals surface area contributed by atoms with Crippen molar-refractivity contribution in [2.24, 2.45) is 5.92 Å². The van der Waals surface area contributed by atoms with Gasteiger partial charge in [-0.05, 0) is 76.2 Å². The lowest BCUT2D eigenvalue weighted by atomic mass is 9.68. The average molecular weight is 492 g/mol. The van der Waals surface area contributed by atoms with Crippen LogP contribution >= 0.6 is 0 Å². The molecule has 1 aromatic carbocycles. The molecule has 2 aromatic rings. The topological polar surface area (TPSA) is 52.6 Å². The maximum atomic E-state index is 14.1. The Morgan fingerprint density at radius 3 is 2.29 bits per heavy atom. The Morgan fingerprint density at radius 2 is 1.74 bits per heavy atom. The largest absolute Gasteiger partial charge is 0.451 e. The number of urea groups is 1. The third-order valence-corrected chi connectivity index (χ3v) is 8.05. The molecule has 5 rings (SSSR count). The lowest BCUT2D eigenvalue weighted by molar-refractivity contribution is -0.144. The van der Waals surface area contributed by atoms with Crippen LogP contribution in [-0.4, -0.2) is 58.5 Å². The summed E-state index contributed by atoms with van der Waals surface area (Å²) in [4.78, 5) is 26.1. The summed E-state index contributed by atoms with van der Waals surface area (Å²) < 4.78 is 52.9. The molecule has 0 bridgehead atoms. The van der Waals surface area contributed by atoms with E-state index < -0.39 is 17.5 Å². The number of hydrogen-bond acceptors (Lipinski definition) is 4. The van der Waals surface area contributed by atoms with Crippen LogP contribution in [0.15, 0.2) is 36.7 Å². The molecule has 1 saturated heterocycles. The van der Waals surface area contributed by atoms with Crippen molar-refractivity contribution in [1.82, 2.24) is 19.8 Å². The predicted octanol–water partition coefficient (Wildman–Crippen LogP) is 5.06. The quantitative estimate of drug-likeness (QED) is 0.549. The Labute approximate surface area is 201 Å². The van der Waals surface area contributed by atoms with Gasteiger partial charge in [0, 0.05) is 12.1 Å². The molecule has 0 unspecified atom stereocenters. The van der Waals surface area contributed by atoms with Crippen molar-refractivity contribution in [3.05, 3.63) is 53.9 Å². The van der Waals surface area contributed by atoms with E-state index in [1.54, 1.807) is 12.1 Å². The first-order chi connectivity index (χ1) is 16.5. The second-order valence-electron chi connectivity index (χ2n) is 10.3. The summed E-state index contributed by atoms with van der Waals surface area (Å²) in [6.45, 7) is 1.02. The van der Waals surface area contributed by atoms with Crippen molar-refractivity contribution in [2.45, 2.75) is 55.8 Å². The maximum Gasteiger partial charge on any atom is 0.451 e. The van der Waals surface area contributed by atoms with Gasteiger partial charge in [0.2, 0.25) is 5.82 Å². The van der Waals surface area contributed by atoms with Gasteiger partial charge >= 0.3 is 12.2 Å². The summed E-state index contributed by atoms with van der Waals surface area (Å²) >= 11 is 0. The minimum atomic E-state index is -4.64. The highest BCUT2D eigenvalue weighted by Crippen LogP contribution is 2.50. The number of aromatic nitrogens is 2. The molecule has 1 spiro atoms. The zero-order valence-corrected chi connectivity index (χ0v) is 19.9. The molecule has 1 aromatic heterocycles. The maximum absolute atomic E-state index is 14.1. The molecule has 1 aliphatic heterocycles. The van der Waals surface area contributed by atoms with Crippen LogP contribution in [0.4, 0.5) is 28.0 Å². The summed E-state index contributed by atoms with van der Waals surface area (Å²) in [6.07, 6.45) is 2.56. The fourth-order valence-corrected chi connectivity index (χ4v) is 5.76. The molecule has 3 fully saturated rings. The fraction of sp³-hybridized carbons (Fsp3) is 0.560. The lowest BCUT2D eigenvalue weighted by Crippen LogP contribution is -2.55. The van der Waals surface area contributed by atoms with Gasteiger partial charge < -0.3 is 4.90 Å². The first kappa shape index (κ1) is 24.0. The van der Waals surface area contributed by atoms with Gasteiger partial charge in [-0.1, -0.05) is 12.1 Å². The van der Waals surface area contributed by atoms with Crippen LogP contribution < -0.4 is 4.90 Å². The van der Waals surface area contributed by atoms with Gasteiger partial charge in [-0.15, -0.1) is 0 Å². The molecule has 2 saturated carbocycles. The first-order valence-electron chi connectivity index (χ1n) is 12.0. The molecule has 6 nitrogen and oxygen atoms in total. The molecule has 0 N–H and O–H groups in total. The third-order valence-electron chi connectivity index (χ3n) is 8.05. The van der Waals surface area contributed by atoms with E-state index in [0.29, 0.717) is 31.8 Å². The second-order valence-corrected chi connectivity index (χ2v) is 10.3. The van der Waals surface area contributed by atoms with Crippen molar-refractivity contribution < 1.29 is 22.4 Å². The Kier molecular flexibility index (Phi) is 5.77. The standard InChI is InChI=1S/C25H29F4N5O/c1-32(2)24(18-4-3-5-19(26)12-18)10-8-23(9-11-24)16-33(22(35)34(23)15-17-6-7-17)20-13-30-21(31-14-20)25(27,28)29/h3-5,12-14,17H,6-11,15-16H2,1-2H3/t23-,24-. The number of halogens is 4. The molecule has 10 heteroatoms. The molecule has 0 atom stereocenters. The van der Waals surface area contributed by atoms with E-state index in [0.717, 1.165) is 43.6 Å². The number of carbonyl (C=O) groups is 1. The summed E-state index contributed by atoms with van der Waals surface area (Å²) in [6, 6.07) is 6.50. The molecule has 35 heavy (non-hydrogen) atoms. The highest BCUT2D eigenvalue weighted by Gasteiger charge is 2.55. The van der Waals surface area contributed by atoms with Crippen molar-refractivity contribution in [1.29, 1.82) is 0 Å². The van der Waals surface area contributed by atoms with Gasteiger partial charge in [0.15, 0.2) is 0 Å². The summed E-state index contributed by atoms with van der Waals surface area (Å²) in [7, 11) is 3.99. The number of nitrogens with zero attached hydrogens (tertiary/aromatic N) is 5. The fourth-order valence-electron chi connectivity index (χ4n) is 5.76. The van der Waals surface area contributed by atoms with Crippen LogP contribution in [-0.2, 0) is 11.7 Å². The van der Waals surface area contributed by atoms with Crippen molar-refractivity contribution in [2.75, 3.05) is 32.1 Å². The van der Waals surface area contributed by atoms with Gasteiger partial charge in [0.05, 0.1) is 30.2 Å². The summed E-state index contributed by atoms with van der Waals surface area (Å²) in [5.41, 5.74) is 0.403. The van der Waals surface area contributed by atoms with Crippen LogP contribution in [0.5, 0.6) is 0 Å². The van der Waals surface area contributed by atoms with Crippen LogP contribution in [0.3, 0.4) is 0 Å². The SMILES string of the molecule is CN(C)[C@]1(c2cccc(F)c2)CC[C@@]2(CC1)CN(c1cnc(C(F)(F)F)nc1)C(=O)N2CC1CC1. The number of rotatable bonds is 5. The lowest BCUT2D eigenvalue weighted by Gasteiger charge is -2.51. The normalized spacial score (nSPS) is 27.3. The number of anilines is 1. The molecule has 2 amide bonds. The van der Waals surface area contributed by atoms with E-state index in [-0.39, 0.29) is 23.1 Å². The molecule has 3 aliphatic rings. The van der Waals surface area contributed by atoms with Crippen LogP contribution in [0, 0.1) is 11.7 Å². The zero-order chi connectivity index (χ0) is 25.0. The first-order valence-corrected chi connectivity index (χ1v) is 12.0. The number of hydrogen-bond donors (Lipinski definition) is 0. The molecule has 2 heterocycles. The summed E-state index contributed by atoms with van der Waals surface area (Å²) in [5, 5.41) is 0. The zero-order valence-electron chi connectivity index (χ0n) is 19.9. The number of carbonyl (C=O) groups excluding carboxylic acids is 1. The van der Waals surface area contributed by atoms with E-state index in [2.05, 4.69) is 14.9 Å². The molecule has 2 aliphatic carbocycles. The van der Waals surface area contributed by atoms with Crippen molar-refractivity contribution >= 4 is 11.7 Å². The van der Waals surface area contributed by atoms with E-state index in [1.807, 2.05) is 25.1 Å². The van der Waals surface area contributed by atoms with Gasteiger partial charge in [-0.2, -0.15) is 13.2 Å². The average Bonchev–Trinajstić information content (AvgIpc) is 3.60. The molecular weight excluding hydrogens is 462 g/mol. The molecule has 0 radical (unpaired) electrons. The van der Waals surface area contributed by atoms with Crippen LogP contribution in [0.25, 0.3) is 0 Å². The van der Waals surface area contributed by atoms with Gasteiger partial charge in [-0.3, -0.25) is 9.80 Å². The Hall–Kier alpha value is -2.75. The monoisotopic (exact) mass is 491 g/mol. The van der Waals surface area contributed by atoms with Gasteiger partial charge in [-0.25, -0.2) is 19.2 Å². The van der Waals surface area contributed by atoms with Crippen molar-refractivity contribution in [3.8, 4) is 0 Å². The van der Waals surface area contributed by atoms with Crippen LogP contribution in [0.1, 0.15) is 49.9 Å². The highest BCUT2D eigenvalue weighted by molar-refractivity contribution is 5.95. The second kappa shape index (κ2) is 8.43. The van der Waals surface area contributed by atoms with Gasteiger partial charge in [0.25, 0.3) is 0 Å². The van der Waals surface area contributed by atoms with E-state index in [4.69, 9.17) is 0 Å². The van der Waals surface area contributed by atoms with E-state index in [9.17, 15) is 22.4 Å². The van der Waals surface area contributed by atoms with Crippen molar-refractivity contribution in [3.63, 3.8) is 0 Å². The third kappa shape index (κ3) is 4.26. The van der Waals surface area contributed by atoms with E-state index >= 15 is 0 Å². The summed E-state index contributed by atoms with van der Waals surface area (Å²) in [5.74, 6) is -1.03. The molecule has 188 valence electrons. The predicted molar refractivity (Wildman–Crippen MR) is 122 cm³/mol. The Morgan fingerprint density at radius 1 is 1.09 bits per heavy atom. The highest BCUT2D eigenvalue weighted by atomic mass is 19.4. The number of benzene rings is 1. The number of amides is 2. The van der Waals surface area contributed by atoms with Crippen LogP contribution in [0.2, 0.25) is 0 Å². The Balaban J connectivity index is 1.43. The van der Waals surface area contributed by atoms with E-state index in [1.165, 1.54) is 11.0 Å². The smallest absolute Gasteiger partial charge is 0.317 e.